The van der Waals surface area contributed by atoms with E-state index >= 15 is 0 Å². The second kappa shape index (κ2) is 9.96. The lowest BCUT2D eigenvalue weighted by molar-refractivity contribution is -0.139. The van der Waals surface area contributed by atoms with E-state index in [1.165, 1.54) is 0 Å². The maximum absolute atomic E-state index is 11.7. The molecule has 0 saturated carbocycles. The smallest absolute Gasteiger partial charge is 0.295 e. The van der Waals surface area contributed by atoms with Crippen molar-refractivity contribution in [3.8, 4) is 0 Å². The zero-order chi connectivity index (χ0) is 11.5. The van der Waals surface area contributed by atoms with Crippen molar-refractivity contribution in [2.45, 2.75) is 52.0 Å². The number of hydrogen-bond donors (Lipinski definition) is 0. The number of carbonyl (C=O) groups excluding carboxylic acids is 1. The minimum Gasteiger partial charge on any atom is -0.525 e. The topological polar surface area (TPSA) is 26.3 Å². The second-order valence-electron chi connectivity index (χ2n) is 3.88. The molecule has 0 N–H and O–H groups in total. The third kappa shape index (κ3) is 7.37. The summed E-state index contributed by atoms with van der Waals surface area (Å²) in [5, 5.41) is 0. The normalized spacial score (nSPS) is 12.9. The predicted molar refractivity (Wildman–Crippen MR) is 67.6 cm³/mol. The summed E-state index contributed by atoms with van der Waals surface area (Å²) in [4.78, 5) is 11.7. The first-order chi connectivity index (χ1) is 7.26. The van der Waals surface area contributed by atoms with Crippen LogP contribution < -0.4 is 0 Å². The molecule has 3 heteroatoms. The summed E-state index contributed by atoms with van der Waals surface area (Å²) >= 11 is 0. The molecule has 0 aliphatic carbocycles. The van der Waals surface area contributed by atoms with E-state index in [1.807, 2.05) is 6.08 Å². The standard InChI is InChI=1S/C12H24O2Si/c1-4-7-9-11(8-5-2)12(13)14-15-10-6-3/h5,11H,2,4,6-10,15H2,1,3H3. The van der Waals surface area contributed by atoms with Gasteiger partial charge in [0.05, 0.1) is 5.92 Å². The summed E-state index contributed by atoms with van der Waals surface area (Å²) in [6.07, 6.45) is 6.89. The molecule has 1 unspecified atom stereocenters. The first-order valence-corrected chi connectivity index (χ1v) is 7.61. The largest absolute Gasteiger partial charge is 0.525 e. The van der Waals surface area contributed by atoms with Gasteiger partial charge in [-0.1, -0.05) is 39.2 Å². The van der Waals surface area contributed by atoms with Crippen LogP contribution >= 0.6 is 0 Å². The third-order valence-corrected chi connectivity index (χ3v) is 3.92. The van der Waals surface area contributed by atoms with Crippen molar-refractivity contribution in [2.24, 2.45) is 5.92 Å². The van der Waals surface area contributed by atoms with Gasteiger partial charge in [0, 0.05) is 0 Å². The van der Waals surface area contributed by atoms with E-state index in [0.29, 0.717) is 0 Å². The predicted octanol–water partition coefficient (Wildman–Crippen LogP) is 2.82. The molecule has 0 radical (unpaired) electrons. The van der Waals surface area contributed by atoms with Crippen molar-refractivity contribution in [2.75, 3.05) is 0 Å². The van der Waals surface area contributed by atoms with Crippen LogP contribution in [0.2, 0.25) is 6.04 Å². The monoisotopic (exact) mass is 228 g/mol. The molecule has 0 heterocycles. The van der Waals surface area contributed by atoms with Crippen molar-refractivity contribution >= 4 is 15.7 Å². The lowest BCUT2D eigenvalue weighted by atomic mass is 9.99. The van der Waals surface area contributed by atoms with Crippen molar-refractivity contribution in [1.29, 1.82) is 0 Å². The molecule has 0 bridgehead atoms. The Balaban J connectivity index is 3.86. The van der Waals surface area contributed by atoms with Gasteiger partial charge in [0.1, 0.15) is 0 Å². The van der Waals surface area contributed by atoms with Gasteiger partial charge in [0.2, 0.25) is 9.76 Å². The van der Waals surface area contributed by atoms with Gasteiger partial charge in [-0.15, -0.1) is 6.58 Å². The molecule has 0 fully saturated rings. The molecular weight excluding hydrogens is 204 g/mol. The first-order valence-electron chi connectivity index (χ1n) is 6.03. The van der Waals surface area contributed by atoms with Gasteiger partial charge in [-0.05, 0) is 18.9 Å². The highest BCUT2D eigenvalue weighted by Crippen LogP contribution is 2.15. The van der Waals surface area contributed by atoms with E-state index in [1.54, 1.807) is 0 Å². The molecule has 1 atom stereocenters. The summed E-state index contributed by atoms with van der Waals surface area (Å²) in [6.45, 7) is 7.96. The number of hydrogen-bond acceptors (Lipinski definition) is 2. The summed E-state index contributed by atoms with van der Waals surface area (Å²) in [5.74, 6) is 0.0790. The quantitative estimate of drug-likeness (QED) is 0.344. The number of rotatable bonds is 9. The Bertz CT molecular complexity index is 180. The fourth-order valence-corrected chi connectivity index (χ4v) is 2.29. The molecule has 0 spiro atoms. The van der Waals surface area contributed by atoms with Crippen LogP contribution in [0.4, 0.5) is 0 Å². The van der Waals surface area contributed by atoms with Crippen molar-refractivity contribution in [3.63, 3.8) is 0 Å². The molecule has 15 heavy (non-hydrogen) atoms. The fraction of sp³-hybridized carbons (Fsp3) is 0.750. The molecule has 0 aliphatic heterocycles. The third-order valence-electron chi connectivity index (χ3n) is 2.43. The molecule has 0 amide bonds. The van der Waals surface area contributed by atoms with Gasteiger partial charge < -0.3 is 4.43 Å². The highest BCUT2D eigenvalue weighted by Gasteiger charge is 2.17. The zero-order valence-corrected chi connectivity index (χ0v) is 11.5. The van der Waals surface area contributed by atoms with Gasteiger partial charge in [-0.2, -0.15) is 0 Å². The Labute approximate surface area is 96.0 Å². The van der Waals surface area contributed by atoms with Crippen molar-refractivity contribution in [1.82, 2.24) is 0 Å². The van der Waals surface area contributed by atoms with E-state index in [0.717, 1.165) is 38.1 Å². The molecule has 0 aliphatic rings. The van der Waals surface area contributed by atoms with E-state index < -0.39 is 9.76 Å². The SMILES string of the molecule is C=CCC(CCCC)C(=O)O[SiH2]CCC. The molecule has 0 saturated heterocycles. The van der Waals surface area contributed by atoms with Crippen LogP contribution in [-0.2, 0) is 9.22 Å². The molecule has 0 aromatic carbocycles. The highest BCUT2D eigenvalue weighted by atomic mass is 28.2. The maximum atomic E-state index is 11.7. The fourth-order valence-electron chi connectivity index (χ4n) is 1.42. The van der Waals surface area contributed by atoms with Gasteiger partial charge in [0.25, 0.3) is 5.97 Å². The van der Waals surface area contributed by atoms with E-state index in [4.69, 9.17) is 4.43 Å². The first kappa shape index (κ1) is 14.4. The molecule has 88 valence electrons. The summed E-state index contributed by atoms with van der Waals surface area (Å²) in [5.41, 5.74) is 0. The van der Waals surface area contributed by atoms with Crippen LogP contribution in [0, 0.1) is 5.92 Å². The molecule has 0 aromatic rings. The Kier molecular flexibility index (Phi) is 9.58. The zero-order valence-electron chi connectivity index (χ0n) is 10.1. The Morgan fingerprint density at radius 1 is 1.47 bits per heavy atom. The van der Waals surface area contributed by atoms with Gasteiger partial charge in [-0.25, -0.2) is 0 Å². The Morgan fingerprint density at radius 2 is 2.20 bits per heavy atom. The van der Waals surface area contributed by atoms with Gasteiger partial charge in [0.15, 0.2) is 0 Å². The highest BCUT2D eigenvalue weighted by molar-refractivity contribution is 6.30. The molecule has 0 rings (SSSR count). The lowest BCUT2D eigenvalue weighted by Crippen LogP contribution is -2.19. The average Bonchev–Trinajstić information content (AvgIpc) is 2.24. The van der Waals surface area contributed by atoms with Crippen LogP contribution in [0.15, 0.2) is 12.7 Å². The maximum Gasteiger partial charge on any atom is 0.295 e. The number of carbonyl (C=O) groups is 1. The Hall–Kier alpha value is -0.573. The van der Waals surface area contributed by atoms with Gasteiger partial charge >= 0.3 is 0 Å². The van der Waals surface area contributed by atoms with Crippen LogP contribution in [0.1, 0.15) is 46.0 Å². The summed E-state index contributed by atoms with van der Waals surface area (Å²) in [6, 6.07) is 1.10. The van der Waals surface area contributed by atoms with E-state index in [2.05, 4.69) is 20.4 Å². The van der Waals surface area contributed by atoms with Crippen LogP contribution in [0.25, 0.3) is 0 Å². The van der Waals surface area contributed by atoms with Crippen molar-refractivity contribution < 1.29 is 9.22 Å². The lowest BCUT2D eigenvalue weighted by Gasteiger charge is -2.14. The van der Waals surface area contributed by atoms with Gasteiger partial charge in [-0.3, -0.25) is 4.79 Å². The molecule has 0 aromatic heterocycles. The van der Waals surface area contributed by atoms with Crippen LogP contribution in [0.3, 0.4) is 0 Å². The van der Waals surface area contributed by atoms with E-state index in [9.17, 15) is 4.79 Å². The number of unbranched alkanes of at least 4 members (excludes halogenated alkanes) is 1. The van der Waals surface area contributed by atoms with Crippen molar-refractivity contribution in [3.05, 3.63) is 12.7 Å². The second-order valence-corrected chi connectivity index (χ2v) is 5.29. The average molecular weight is 228 g/mol. The minimum atomic E-state index is -0.603. The molecule has 2 nitrogen and oxygen atoms in total. The minimum absolute atomic E-state index is 0.0171. The van der Waals surface area contributed by atoms with E-state index in [-0.39, 0.29) is 11.9 Å². The molecular formula is C12H24O2Si. The van der Waals surface area contributed by atoms with Crippen LogP contribution in [-0.4, -0.2) is 15.7 Å². The summed E-state index contributed by atoms with van der Waals surface area (Å²) in [7, 11) is -0.603. The Morgan fingerprint density at radius 3 is 2.73 bits per heavy atom. The summed E-state index contributed by atoms with van der Waals surface area (Å²) < 4.78 is 5.35. The van der Waals surface area contributed by atoms with Crippen LogP contribution in [0.5, 0.6) is 0 Å². The number of allylic oxidation sites excluding steroid dienone is 1.